The van der Waals surface area contributed by atoms with Gasteiger partial charge in [-0.2, -0.15) is 0 Å². The van der Waals surface area contributed by atoms with E-state index in [9.17, 15) is 9.59 Å². The molecule has 0 spiro atoms. The summed E-state index contributed by atoms with van der Waals surface area (Å²) in [4.78, 5) is 29.1. The number of hydrogen-bond acceptors (Lipinski definition) is 4. The van der Waals surface area contributed by atoms with E-state index in [0.29, 0.717) is 25.0 Å². The second-order valence-corrected chi connectivity index (χ2v) is 8.80. The van der Waals surface area contributed by atoms with Gasteiger partial charge >= 0.3 is 0 Å². The molecule has 6 heteroatoms. The van der Waals surface area contributed by atoms with Crippen LogP contribution >= 0.6 is 0 Å². The van der Waals surface area contributed by atoms with Gasteiger partial charge < -0.3 is 19.9 Å². The van der Waals surface area contributed by atoms with E-state index in [4.69, 9.17) is 4.74 Å². The summed E-state index contributed by atoms with van der Waals surface area (Å²) in [6.07, 6.45) is 2.71. The van der Waals surface area contributed by atoms with Gasteiger partial charge in [0.1, 0.15) is 5.75 Å². The van der Waals surface area contributed by atoms with Crippen LogP contribution < -0.4 is 10.1 Å². The number of aryl methyl sites for hydroxylation is 1. The highest BCUT2D eigenvalue weighted by molar-refractivity contribution is 5.88. The zero-order valence-corrected chi connectivity index (χ0v) is 18.0. The second kappa shape index (κ2) is 10.1. The predicted molar refractivity (Wildman–Crippen MR) is 114 cm³/mol. The minimum atomic E-state index is -0.152. The molecule has 2 aliphatic heterocycles. The molecule has 2 heterocycles. The average molecular weight is 402 g/mol. The Bertz CT molecular complexity index is 698. The number of piperidine rings is 1. The van der Waals surface area contributed by atoms with Crippen molar-refractivity contribution < 1.29 is 14.3 Å². The van der Waals surface area contributed by atoms with Gasteiger partial charge in [-0.25, -0.2) is 0 Å². The Hall–Kier alpha value is -2.08. The summed E-state index contributed by atoms with van der Waals surface area (Å²) in [6, 6.07) is 7.92. The maximum Gasteiger partial charge on any atom is 0.242 e. The van der Waals surface area contributed by atoms with Gasteiger partial charge in [0.15, 0.2) is 0 Å². The summed E-state index contributed by atoms with van der Waals surface area (Å²) >= 11 is 0. The van der Waals surface area contributed by atoms with Crippen LogP contribution in [0.3, 0.4) is 0 Å². The fourth-order valence-electron chi connectivity index (χ4n) is 4.14. The lowest BCUT2D eigenvalue weighted by atomic mass is 9.97. The first-order valence-electron chi connectivity index (χ1n) is 10.9. The smallest absolute Gasteiger partial charge is 0.242 e. The zero-order chi connectivity index (χ0) is 20.8. The number of ether oxygens (including phenoxy) is 1. The molecule has 0 bridgehead atoms. The number of nitrogens with one attached hydrogen (secondary N) is 1. The van der Waals surface area contributed by atoms with Gasteiger partial charge in [-0.3, -0.25) is 9.59 Å². The van der Waals surface area contributed by atoms with Crippen LogP contribution in [0.15, 0.2) is 24.3 Å². The molecule has 1 unspecified atom stereocenters. The van der Waals surface area contributed by atoms with Crippen molar-refractivity contribution >= 4 is 11.8 Å². The van der Waals surface area contributed by atoms with Crippen molar-refractivity contribution in [3.63, 3.8) is 0 Å². The minimum Gasteiger partial charge on any atom is -0.493 e. The van der Waals surface area contributed by atoms with Crippen molar-refractivity contribution in [1.29, 1.82) is 0 Å². The molecule has 1 aromatic rings. The van der Waals surface area contributed by atoms with Crippen LogP contribution in [-0.4, -0.2) is 67.0 Å². The molecule has 0 aliphatic carbocycles. The van der Waals surface area contributed by atoms with Gasteiger partial charge in [-0.15, -0.1) is 0 Å². The van der Waals surface area contributed by atoms with Crippen LogP contribution in [0.25, 0.3) is 0 Å². The van der Waals surface area contributed by atoms with E-state index < -0.39 is 0 Å². The Balaban J connectivity index is 1.43. The van der Waals surface area contributed by atoms with Crippen molar-refractivity contribution in [2.24, 2.45) is 11.8 Å². The van der Waals surface area contributed by atoms with Crippen molar-refractivity contribution in [1.82, 2.24) is 15.1 Å². The molecule has 2 amide bonds. The third-order valence-corrected chi connectivity index (χ3v) is 5.95. The lowest BCUT2D eigenvalue weighted by Crippen LogP contribution is -2.57. The van der Waals surface area contributed by atoms with Gasteiger partial charge in [-0.1, -0.05) is 32.0 Å². The number of amides is 2. The number of benzene rings is 1. The van der Waals surface area contributed by atoms with Gasteiger partial charge in [0.2, 0.25) is 11.8 Å². The van der Waals surface area contributed by atoms with E-state index in [-0.39, 0.29) is 24.4 Å². The Morgan fingerprint density at radius 2 is 1.93 bits per heavy atom. The van der Waals surface area contributed by atoms with Gasteiger partial charge in [-0.05, 0) is 49.7 Å². The van der Waals surface area contributed by atoms with Crippen LogP contribution in [0.4, 0.5) is 0 Å². The molecule has 0 saturated carbocycles. The first-order chi connectivity index (χ1) is 13.9. The summed E-state index contributed by atoms with van der Waals surface area (Å²) < 4.78 is 5.99. The molecule has 1 aromatic carbocycles. The van der Waals surface area contributed by atoms with E-state index in [1.54, 1.807) is 4.90 Å². The molecule has 29 heavy (non-hydrogen) atoms. The lowest BCUT2D eigenvalue weighted by Gasteiger charge is -2.36. The maximum atomic E-state index is 12.8. The molecule has 2 saturated heterocycles. The molecule has 1 N–H and O–H groups in total. The molecule has 1 atom stereocenters. The van der Waals surface area contributed by atoms with Crippen LogP contribution in [0, 0.1) is 18.8 Å². The van der Waals surface area contributed by atoms with Crippen LogP contribution in [-0.2, 0) is 9.59 Å². The van der Waals surface area contributed by atoms with Crippen molar-refractivity contribution in [2.75, 3.05) is 39.3 Å². The standard InChI is InChI=1S/C23H35N3O3/c1-17(2)14-20-23(28)26(13-10-24-20)15-22(27)25-11-8-19(9-12-25)16-29-21-7-5-4-6-18(21)3/h4-7,17,19-20,24H,8-16H2,1-3H3. The first-order valence-corrected chi connectivity index (χ1v) is 10.9. The van der Waals surface area contributed by atoms with E-state index in [2.05, 4.69) is 32.2 Å². The molecular weight excluding hydrogens is 366 g/mol. The van der Waals surface area contributed by atoms with Gasteiger partial charge in [0, 0.05) is 26.2 Å². The molecule has 0 aromatic heterocycles. The largest absolute Gasteiger partial charge is 0.493 e. The van der Waals surface area contributed by atoms with Gasteiger partial charge in [0.05, 0.1) is 19.2 Å². The highest BCUT2D eigenvalue weighted by Crippen LogP contribution is 2.22. The summed E-state index contributed by atoms with van der Waals surface area (Å²) in [5.74, 6) is 2.00. The Morgan fingerprint density at radius 1 is 1.21 bits per heavy atom. The molecule has 6 nitrogen and oxygen atoms in total. The number of likely N-dealkylation sites (tertiary alicyclic amines) is 1. The number of nitrogens with zero attached hydrogens (tertiary/aromatic N) is 2. The second-order valence-electron chi connectivity index (χ2n) is 8.80. The molecule has 2 aliphatic rings. The third kappa shape index (κ3) is 5.95. The van der Waals surface area contributed by atoms with Crippen LogP contribution in [0.5, 0.6) is 5.75 Å². The number of piperazine rings is 1. The summed E-state index contributed by atoms with van der Waals surface area (Å²) in [5.41, 5.74) is 1.15. The molecule has 2 fully saturated rings. The lowest BCUT2D eigenvalue weighted by molar-refractivity contribution is -0.144. The summed E-state index contributed by atoms with van der Waals surface area (Å²) in [6.45, 7) is 10.1. The molecule has 3 rings (SSSR count). The van der Waals surface area contributed by atoms with E-state index in [0.717, 1.165) is 50.2 Å². The fraction of sp³-hybridized carbons (Fsp3) is 0.652. The van der Waals surface area contributed by atoms with E-state index in [1.807, 2.05) is 23.1 Å². The first kappa shape index (κ1) is 21.6. The molecular formula is C23H35N3O3. The number of para-hydroxylation sites is 1. The number of rotatable bonds is 7. The van der Waals surface area contributed by atoms with Crippen molar-refractivity contribution in [3.8, 4) is 5.75 Å². The minimum absolute atomic E-state index is 0.0693. The van der Waals surface area contributed by atoms with Crippen LogP contribution in [0.1, 0.15) is 38.7 Å². The fourth-order valence-corrected chi connectivity index (χ4v) is 4.14. The van der Waals surface area contributed by atoms with E-state index >= 15 is 0 Å². The number of carbonyl (C=O) groups is 2. The molecule has 0 radical (unpaired) electrons. The van der Waals surface area contributed by atoms with Gasteiger partial charge in [0.25, 0.3) is 0 Å². The molecule has 160 valence electrons. The van der Waals surface area contributed by atoms with Crippen LogP contribution in [0.2, 0.25) is 0 Å². The number of carbonyl (C=O) groups excluding carboxylic acids is 2. The Morgan fingerprint density at radius 3 is 2.62 bits per heavy atom. The summed E-state index contributed by atoms with van der Waals surface area (Å²) in [7, 11) is 0. The Labute approximate surface area is 174 Å². The number of hydrogen-bond donors (Lipinski definition) is 1. The average Bonchev–Trinajstić information content (AvgIpc) is 2.70. The Kier molecular flexibility index (Phi) is 7.53. The topological polar surface area (TPSA) is 61.9 Å². The summed E-state index contributed by atoms with van der Waals surface area (Å²) in [5, 5.41) is 3.29. The van der Waals surface area contributed by atoms with E-state index in [1.165, 1.54) is 0 Å². The van der Waals surface area contributed by atoms with Crippen molar-refractivity contribution in [2.45, 2.75) is 46.1 Å². The normalized spacial score (nSPS) is 21.0. The quantitative estimate of drug-likeness (QED) is 0.762. The highest BCUT2D eigenvalue weighted by Gasteiger charge is 2.31. The monoisotopic (exact) mass is 401 g/mol. The maximum absolute atomic E-state index is 12.8. The predicted octanol–water partition coefficient (Wildman–Crippen LogP) is 2.46. The SMILES string of the molecule is Cc1ccccc1OCC1CCN(C(=O)CN2CCNC(CC(C)C)C2=O)CC1. The third-order valence-electron chi connectivity index (χ3n) is 5.95. The van der Waals surface area contributed by atoms with Crippen molar-refractivity contribution in [3.05, 3.63) is 29.8 Å². The highest BCUT2D eigenvalue weighted by atomic mass is 16.5. The zero-order valence-electron chi connectivity index (χ0n) is 18.0.